The zero-order valence-corrected chi connectivity index (χ0v) is 37.7. The van der Waals surface area contributed by atoms with Crippen LogP contribution in [0.25, 0.3) is 33.8 Å². The molecule has 18 nitrogen and oxygen atoms in total. The van der Waals surface area contributed by atoms with E-state index >= 15 is 0 Å². The van der Waals surface area contributed by atoms with E-state index in [2.05, 4.69) is 31.4 Å². The standard InChI is InChI=1S/2C18H19N3O3.C15H14N2O4/c2*22-17(16-11-15(20-24-16)12-5-2-1-3-6-12)19-14-9-13(10-14)18(23)21-7-4-8-21;18-14(16-11-6-10(7-11)15(19)20)13-8-12(17-21-13)9-4-2-1-3-5-9/h2*1-3,5-6,11,13-14H,4,7-10H2,(H,19,22);1-5,8,10-11H,6-7H2,(H,16,18)(H,19,20). The van der Waals surface area contributed by atoms with Crippen molar-refractivity contribution in [1.82, 2.24) is 41.2 Å². The van der Waals surface area contributed by atoms with E-state index in [1.807, 2.05) is 101 Å². The molecule has 356 valence electrons. The highest BCUT2D eigenvalue weighted by atomic mass is 16.5. The summed E-state index contributed by atoms with van der Waals surface area (Å²) < 4.78 is 15.4. The molecule has 0 radical (unpaired) electrons. The fourth-order valence-electron chi connectivity index (χ4n) is 8.55. The van der Waals surface area contributed by atoms with Crippen LogP contribution in [-0.4, -0.2) is 110 Å². The van der Waals surface area contributed by atoms with Crippen molar-refractivity contribution < 1.29 is 47.4 Å². The molecule has 3 aromatic heterocycles. The van der Waals surface area contributed by atoms with Crippen molar-refractivity contribution >= 4 is 35.5 Å². The lowest BCUT2D eigenvalue weighted by Crippen LogP contribution is -2.53. The molecule has 5 heterocycles. The first-order valence-electron chi connectivity index (χ1n) is 23.3. The fourth-order valence-corrected chi connectivity index (χ4v) is 8.55. The van der Waals surface area contributed by atoms with Gasteiger partial charge in [0.15, 0.2) is 0 Å². The number of rotatable bonds is 12. The molecule has 6 aromatic rings. The van der Waals surface area contributed by atoms with Crippen molar-refractivity contribution in [2.75, 3.05) is 26.2 Å². The average Bonchev–Trinajstić information content (AvgIpc) is 4.10. The minimum absolute atomic E-state index is 0.0398. The maximum atomic E-state index is 12.2. The van der Waals surface area contributed by atoms with E-state index in [1.165, 1.54) is 0 Å². The van der Waals surface area contributed by atoms with Gasteiger partial charge in [0.1, 0.15) is 17.1 Å². The molecule has 2 aliphatic heterocycles. The Morgan fingerprint density at radius 1 is 0.449 bits per heavy atom. The highest BCUT2D eigenvalue weighted by Gasteiger charge is 2.41. The first-order chi connectivity index (χ1) is 33.5. The Hall–Kier alpha value is -7.89. The molecule has 3 saturated carbocycles. The summed E-state index contributed by atoms with van der Waals surface area (Å²) in [6, 6.07) is 33.4. The number of carboxylic acids is 1. The van der Waals surface area contributed by atoms with Crippen LogP contribution in [0.3, 0.4) is 0 Å². The van der Waals surface area contributed by atoms with Crippen LogP contribution in [0.2, 0.25) is 0 Å². The fraction of sp³-hybridized carbons (Fsp3) is 0.353. The molecule has 69 heavy (non-hydrogen) atoms. The Bertz CT molecular complexity index is 2620. The lowest BCUT2D eigenvalue weighted by Gasteiger charge is -2.40. The highest BCUT2D eigenvalue weighted by Crippen LogP contribution is 2.33. The number of hydrogen-bond donors (Lipinski definition) is 4. The normalized spacial score (nSPS) is 21.9. The highest BCUT2D eigenvalue weighted by molar-refractivity contribution is 5.94. The third-order valence-corrected chi connectivity index (χ3v) is 13.2. The lowest BCUT2D eigenvalue weighted by molar-refractivity contribution is -0.145. The summed E-state index contributed by atoms with van der Waals surface area (Å²) >= 11 is 0. The third kappa shape index (κ3) is 11.1. The van der Waals surface area contributed by atoms with Crippen molar-refractivity contribution in [3.8, 4) is 33.8 Å². The van der Waals surface area contributed by atoms with Crippen LogP contribution in [0.15, 0.2) is 123 Å². The molecule has 2 saturated heterocycles. The van der Waals surface area contributed by atoms with Gasteiger partial charge in [0.25, 0.3) is 17.7 Å². The summed E-state index contributed by atoms with van der Waals surface area (Å²) in [6.45, 7) is 3.53. The van der Waals surface area contributed by atoms with E-state index in [-0.39, 0.29) is 82.7 Å². The van der Waals surface area contributed by atoms with Crippen LogP contribution < -0.4 is 16.0 Å². The van der Waals surface area contributed by atoms with Gasteiger partial charge in [-0.05, 0) is 51.4 Å². The van der Waals surface area contributed by atoms with E-state index in [1.54, 1.807) is 18.2 Å². The number of carbonyl (C=O) groups excluding carboxylic acids is 5. The molecule has 5 amide bonds. The van der Waals surface area contributed by atoms with E-state index in [9.17, 15) is 28.8 Å². The number of aromatic nitrogens is 3. The van der Waals surface area contributed by atoms with Gasteiger partial charge in [-0.15, -0.1) is 0 Å². The zero-order valence-electron chi connectivity index (χ0n) is 37.7. The van der Waals surface area contributed by atoms with Crippen LogP contribution in [0.1, 0.15) is 83.0 Å². The van der Waals surface area contributed by atoms with Gasteiger partial charge in [0.05, 0.1) is 5.92 Å². The first-order valence-corrected chi connectivity index (χ1v) is 23.3. The number of nitrogens with one attached hydrogen (secondary N) is 3. The Morgan fingerprint density at radius 3 is 1.00 bits per heavy atom. The van der Waals surface area contributed by atoms with Crippen molar-refractivity contribution in [2.24, 2.45) is 17.8 Å². The van der Waals surface area contributed by atoms with Crippen LogP contribution >= 0.6 is 0 Å². The van der Waals surface area contributed by atoms with Crippen LogP contribution in [-0.2, 0) is 14.4 Å². The van der Waals surface area contributed by atoms with Crippen molar-refractivity contribution in [3.05, 3.63) is 126 Å². The van der Waals surface area contributed by atoms with Gasteiger partial charge in [0.2, 0.25) is 29.1 Å². The monoisotopic (exact) mass is 936 g/mol. The van der Waals surface area contributed by atoms with E-state index in [0.717, 1.165) is 55.7 Å². The van der Waals surface area contributed by atoms with E-state index in [0.29, 0.717) is 55.6 Å². The van der Waals surface area contributed by atoms with Crippen LogP contribution in [0.5, 0.6) is 0 Å². The smallest absolute Gasteiger partial charge is 0.306 e. The molecule has 3 aromatic carbocycles. The van der Waals surface area contributed by atoms with Crippen molar-refractivity contribution in [2.45, 2.75) is 69.5 Å². The Balaban J connectivity index is 0.000000129. The maximum absolute atomic E-state index is 12.2. The van der Waals surface area contributed by atoms with E-state index in [4.69, 9.17) is 18.7 Å². The largest absolute Gasteiger partial charge is 0.481 e. The number of hydrogen-bond acceptors (Lipinski definition) is 12. The lowest BCUT2D eigenvalue weighted by atomic mass is 9.78. The quantitative estimate of drug-likeness (QED) is 0.109. The van der Waals surface area contributed by atoms with Gasteiger partial charge in [-0.3, -0.25) is 28.8 Å². The molecule has 5 aliphatic rings. The third-order valence-electron chi connectivity index (χ3n) is 13.2. The predicted molar refractivity (Wildman–Crippen MR) is 248 cm³/mol. The van der Waals surface area contributed by atoms with Crippen molar-refractivity contribution in [1.29, 1.82) is 0 Å². The van der Waals surface area contributed by atoms with Gasteiger partial charge in [-0.2, -0.15) is 0 Å². The second-order valence-corrected chi connectivity index (χ2v) is 18.0. The molecule has 18 heteroatoms. The molecular formula is C51H52N8O10. The summed E-state index contributed by atoms with van der Waals surface area (Å²) in [5.74, 6) is -0.958. The van der Waals surface area contributed by atoms with E-state index < -0.39 is 5.97 Å². The second-order valence-electron chi connectivity index (χ2n) is 18.0. The molecule has 0 spiro atoms. The van der Waals surface area contributed by atoms with Gasteiger partial charge in [-0.1, -0.05) is 106 Å². The molecule has 0 atom stereocenters. The molecule has 0 unspecified atom stereocenters. The van der Waals surface area contributed by atoms with Crippen molar-refractivity contribution in [3.63, 3.8) is 0 Å². The summed E-state index contributed by atoms with van der Waals surface area (Å²) in [4.78, 5) is 75.0. The molecule has 5 fully saturated rings. The van der Waals surface area contributed by atoms with Gasteiger partial charge in [-0.25, -0.2) is 0 Å². The number of carboxylic acid groups (broad SMARTS) is 1. The molecule has 3 aliphatic carbocycles. The molecule has 4 N–H and O–H groups in total. The van der Waals surface area contributed by atoms with Crippen LogP contribution in [0.4, 0.5) is 0 Å². The number of likely N-dealkylation sites (tertiary alicyclic amines) is 2. The minimum atomic E-state index is -0.813. The molecular weight excluding hydrogens is 885 g/mol. The van der Waals surface area contributed by atoms with Gasteiger partial charge >= 0.3 is 5.97 Å². The first kappa shape index (κ1) is 46.2. The van der Waals surface area contributed by atoms with Gasteiger partial charge < -0.3 is 44.4 Å². The number of aliphatic carboxylic acids is 1. The summed E-state index contributed by atoms with van der Waals surface area (Å²) in [7, 11) is 0. The van der Waals surface area contributed by atoms with Crippen LogP contribution in [0, 0.1) is 17.8 Å². The summed E-state index contributed by atoms with van der Waals surface area (Å²) in [6.07, 6.45) is 5.96. The number of carbonyl (C=O) groups is 6. The number of benzene rings is 3. The molecule has 11 rings (SSSR count). The Labute approximate surface area is 396 Å². The average molecular weight is 937 g/mol. The Kier molecular flexibility index (Phi) is 14.0. The molecule has 0 bridgehead atoms. The second kappa shape index (κ2) is 21.0. The Morgan fingerprint density at radius 2 is 0.739 bits per heavy atom. The minimum Gasteiger partial charge on any atom is -0.481 e. The van der Waals surface area contributed by atoms with Gasteiger partial charge in [0, 0.05) is 91.0 Å². The number of nitrogens with zero attached hydrogens (tertiary/aromatic N) is 5. The SMILES string of the molecule is O=C(NC1CC(C(=O)N2CCC2)C1)c1cc(-c2ccccc2)no1.O=C(NC1CC(C(=O)N2CCC2)C1)c1cc(-c2ccccc2)no1.O=C(NC1CC(C(=O)O)C1)c1cc(-c2ccccc2)no1. The predicted octanol–water partition coefficient (Wildman–Crippen LogP) is 6.10. The number of amides is 5. The topological polar surface area (TPSA) is 243 Å². The zero-order chi connectivity index (χ0) is 47.9. The maximum Gasteiger partial charge on any atom is 0.306 e. The summed E-state index contributed by atoms with van der Waals surface area (Å²) in [5.41, 5.74) is 4.56. The summed E-state index contributed by atoms with van der Waals surface area (Å²) in [5, 5.41) is 29.1.